The van der Waals surface area contributed by atoms with Gasteiger partial charge in [-0.15, -0.1) is 0 Å². The van der Waals surface area contributed by atoms with Crippen LogP contribution in [0.3, 0.4) is 0 Å². The Balaban J connectivity index is 1.63. The van der Waals surface area contributed by atoms with Crippen LogP contribution >= 0.6 is 11.8 Å². The van der Waals surface area contributed by atoms with Gasteiger partial charge in [-0.1, -0.05) is 54.6 Å². The first kappa shape index (κ1) is 16.5. The average molecular weight is 360 g/mol. The van der Waals surface area contributed by atoms with Crippen LogP contribution in [-0.4, -0.2) is 27.0 Å². The van der Waals surface area contributed by atoms with Crippen molar-refractivity contribution in [1.82, 2.24) is 5.01 Å². The van der Waals surface area contributed by atoms with E-state index in [1.165, 1.54) is 16.8 Å². The number of nitrogens with zero attached hydrogens (tertiary/aromatic N) is 3. The maximum Gasteiger partial charge on any atom is 0.283 e. The summed E-state index contributed by atoms with van der Waals surface area (Å²) in [6.07, 6.45) is 2.37. The van der Waals surface area contributed by atoms with Gasteiger partial charge in [-0.25, -0.2) is 0 Å². The second-order valence-corrected chi connectivity index (χ2v) is 7.07. The van der Waals surface area contributed by atoms with Crippen LogP contribution in [0.15, 0.2) is 70.3 Å². The number of benzene rings is 2. The normalized spacial score (nSPS) is 18.0. The molecule has 0 spiro atoms. The van der Waals surface area contributed by atoms with E-state index in [4.69, 9.17) is 5.41 Å². The number of nitrogens with one attached hydrogen (secondary N) is 1. The molecule has 0 saturated heterocycles. The zero-order valence-corrected chi connectivity index (χ0v) is 15.0. The number of aliphatic imine (C=N–C) groups is 1. The summed E-state index contributed by atoms with van der Waals surface area (Å²) in [6.45, 7) is 1.97. The number of aryl methyl sites for hydroxylation is 1. The Bertz CT molecular complexity index is 992. The number of rotatable bonds is 3. The van der Waals surface area contributed by atoms with Gasteiger partial charge in [0, 0.05) is 6.42 Å². The second-order valence-electron chi connectivity index (χ2n) is 6.03. The van der Waals surface area contributed by atoms with Crippen LogP contribution < -0.4 is 0 Å². The lowest BCUT2D eigenvalue weighted by Crippen LogP contribution is -2.35. The summed E-state index contributed by atoms with van der Waals surface area (Å²) in [6, 6.07) is 17.7. The van der Waals surface area contributed by atoms with Crippen molar-refractivity contribution in [3.63, 3.8) is 0 Å². The number of amides is 1. The SMILES string of the molecule is Cc1ccccc1C=C1C(=N)N2N=C(Cc3ccccc3)SC2=NC1=O. The predicted molar refractivity (Wildman–Crippen MR) is 106 cm³/mol. The van der Waals surface area contributed by atoms with Crippen molar-refractivity contribution in [3.05, 3.63) is 76.9 Å². The van der Waals surface area contributed by atoms with Gasteiger partial charge >= 0.3 is 0 Å². The molecule has 2 heterocycles. The minimum Gasteiger partial charge on any atom is -0.282 e. The van der Waals surface area contributed by atoms with E-state index in [9.17, 15) is 4.79 Å². The van der Waals surface area contributed by atoms with Gasteiger partial charge in [-0.3, -0.25) is 10.2 Å². The first-order valence-corrected chi connectivity index (χ1v) is 9.02. The highest BCUT2D eigenvalue weighted by molar-refractivity contribution is 8.26. The molecule has 128 valence electrons. The molecule has 0 fully saturated rings. The van der Waals surface area contributed by atoms with E-state index in [0.717, 1.165) is 21.7 Å². The third kappa shape index (κ3) is 3.11. The topological polar surface area (TPSA) is 68.9 Å². The van der Waals surface area contributed by atoms with Crippen LogP contribution in [0.2, 0.25) is 0 Å². The molecule has 4 rings (SSSR count). The smallest absolute Gasteiger partial charge is 0.282 e. The number of hydrogen-bond acceptors (Lipinski definition) is 4. The van der Waals surface area contributed by atoms with Gasteiger partial charge in [0.2, 0.25) is 5.17 Å². The van der Waals surface area contributed by atoms with Crippen molar-refractivity contribution in [2.45, 2.75) is 13.3 Å². The van der Waals surface area contributed by atoms with Crippen molar-refractivity contribution in [3.8, 4) is 0 Å². The van der Waals surface area contributed by atoms with Crippen LogP contribution in [-0.2, 0) is 11.2 Å². The maximum absolute atomic E-state index is 12.4. The molecule has 0 atom stereocenters. The molecule has 0 bridgehead atoms. The van der Waals surface area contributed by atoms with Crippen molar-refractivity contribution < 1.29 is 4.79 Å². The third-order valence-electron chi connectivity index (χ3n) is 4.18. The van der Waals surface area contributed by atoms with E-state index in [2.05, 4.69) is 10.1 Å². The summed E-state index contributed by atoms with van der Waals surface area (Å²) in [7, 11) is 0. The van der Waals surface area contributed by atoms with Gasteiger partial charge in [0.1, 0.15) is 5.04 Å². The molecule has 0 saturated carbocycles. The largest absolute Gasteiger partial charge is 0.283 e. The van der Waals surface area contributed by atoms with Gasteiger partial charge in [0.15, 0.2) is 5.84 Å². The van der Waals surface area contributed by atoms with E-state index in [0.29, 0.717) is 11.6 Å². The quantitative estimate of drug-likeness (QED) is 0.845. The van der Waals surface area contributed by atoms with Gasteiger partial charge in [0.05, 0.1) is 5.57 Å². The number of fused-ring (bicyclic) bond motifs is 1. The standard InChI is InChI=1S/C20H16N4OS/c1-13-7-5-6-10-15(13)12-16-18(21)24-20(22-19(16)25)26-17(23-24)11-14-8-3-2-4-9-14/h2-10,12,21H,11H2,1H3. The molecule has 1 amide bonds. The molecule has 2 aliphatic rings. The fourth-order valence-corrected chi connectivity index (χ4v) is 3.70. The van der Waals surface area contributed by atoms with Crippen LogP contribution in [0.25, 0.3) is 6.08 Å². The van der Waals surface area contributed by atoms with Gasteiger partial charge < -0.3 is 0 Å². The lowest BCUT2D eigenvalue weighted by atomic mass is 10.0. The van der Waals surface area contributed by atoms with E-state index in [1.807, 2.05) is 61.5 Å². The Morgan fingerprint density at radius 3 is 2.62 bits per heavy atom. The summed E-state index contributed by atoms with van der Waals surface area (Å²) in [5.74, 6) is -0.327. The summed E-state index contributed by atoms with van der Waals surface area (Å²) >= 11 is 1.35. The van der Waals surface area contributed by atoms with Crippen molar-refractivity contribution in [2.75, 3.05) is 0 Å². The Kier molecular flexibility index (Phi) is 4.26. The zero-order chi connectivity index (χ0) is 18.1. The number of hydrazone groups is 1. The zero-order valence-electron chi connectivity index (χ0n) is 14.1. The summed E-state index contributed by atoms with van der Waals surface area (Å²) in [5.41, 5.74) is 3.33. The number of amidine groups is 2. The Hall–Kier alpha value is -2.99. The van der Waals surface area contributed by atoms with Crippen LogP contribution in [0.4, 0.5) is 0 Å². The lowest BCUT2D eigenvalue weighted by Gasteiger charge is -2.20. The van der Waals surface area contributed by atoms with Crippen molar-refractivity contribution in [2.24, 2.45) is 10.1 Å². The highest BCUT2D eigenvalue weighted by atomic mass is 32.2. The highest BCUT2D eigenvalue weighted by Crippen LogP contribution is 2.29. The van der Waals surface area contributed by atoms with Crippen LogP contribution in [0.1, 0.15) is 16.7 Å². The van der Waals surface area contributed by atoms with Crippen LogP contribution in [0.5, 0.6) is 0 Å². The number of carbonyl (C=O) groups excluding carboxylic acids is 1. The monoisotopic (exact) mass is 360 g/mol. The molecule has 0 aliphatic carbocycles. The molecule has 26 heavy (non-hydrogen) atoms. The Morgan fingerprint density at radius 2 is 1.85 bits per heavy atom. The molecular formula is C20H16N4OS. The van der Waals surface area contributed by atoms with E-state index >= 15 is 0 Å². The second kappa shape index (κ2) is 6.72. The Morgan fingerprint density at radius 1 is 1.12 bits per heavy atom. The van der Waals surface area contributed by atoms with Crippen molar-refractivity contribution in [1.29, 1.82) is 5.41 Å². The molecule has 2 aromatic rings. The molecule has 5 nitrogen and oxygen atoms in total. The first-order chi connectivity index (χ1) is 12.6. The third-order valence-corrected chi connectivity index (χ3v) is 5.09. The fraction of sp³-hybridized carbons (Fsp3) is 0.100. The highest BCUT2D eigenvalue weighted by Gasteiger charge is 2.35. The Labute approximate surface area is 155 Å². The van der Waals surface area contributed by atoms with Gasteiger partial charge in [0.25, 0.3) is 5.91 Å². The lowest BCUT2D eigenvalue weighted by molar-refractivity contribution is -0.114. The molecule has 0 aromatic heterocycles. The predicted octanol–water partition coefficient (Wildman–Crippen LogP) is 3.86. The summed E-state index contributed by atoms with van der Waals surface area (Å²) < 4.78 is 0. The molecule has 1 N–H and O–H groups in total. The number of hydrogen-bond donors (Lipinski definition) is 1. The average Bonchev–Trinajstić information content (AvgIpc) is 3.03. The minimum absolute atomic E-state index is 0.0683. The molecule has 0 radical (unpaired) electrons. The van der Waals surface area contributed by atoms with E-state index < -0.39 is 5.91 Å². The van der Waals surface area contributed by atoms with E-state index in [1.54, 1.807) is 6.08 Å². The number of thioether (sulfide) groups is 1. The van der Waals surface area contributed by atoms with Gasteiger partial charge in [-0.05, 0) is 41.5 Å². The van der Waals surface area contributed by atoms with Crippen molar-refractivity contribution >= 4 is 39.8 Å². The van der Waals surface area contributed by atoms with Gasteiger partial charge in [-0.2, -0.15) is 15.1 Å². The molecule has 6 heteroatoms. The minimum atomic E-state index is -0.395. The van der Waals surface area contributed by atoms with Crippen LogP contribution in [0, 0.1) is 12.3 Å². The maximum atomic E-state index is 12.4. The number of carbonyl (C=O) groups is 1. The summed E-state index contributed by atoms with van der Waals surface area (Å²) in [4.78, 5) is 16.6. The molecule has 2 aromatic carbocycles. The fourth-order valence-electron chi connectivity index (χ4n) is 2.78. The summed E-state index contributed by atoms with van der Waals surface area (Å²) in [5, 5.41) is 15.7. The molecular weight excluding hydrogens is 344 g/mol. The molecule has 0 unspecified atom stereocenters. The van der Waals surface area contributed by atoms with E-state index in [-0.39, 0.29) is 11.4 Å². The first-order valence-electron chi connectivity index (χ1n) is 8.20. The molecule has 2 aliphatic heterocycles.